The number of nitrogens with zero attached hydrogens (tertiary/aromatic N) is 1. The lowest BCUT2D eigenvalue weighted by atomic mass is 9.88. The molecule has 132 valence electrons. The molecule has 3 rings (SSSR count). The molecule has 1 amide bonds. The van der Waals surface area contributed by atoms with Crippen LogP contribution in [0.15, 0.2) is 54.6 Å². The number of methoxy groups -OCH3 is 1. The minimum atomic E-state index is -0.515. The van der Waals surface area contributed by atoms with Gasteiger partial charge in [0.2, 0.25) is 0 Å². The highest BCUT2D eigenvalue weighted by molar-refractivity contribution is 5.82. The van der Waals surface area contributed by atoms with Crippen molar-refractivity contribution in [2.24, 2.45) is 5.73 Å². The Morgan fingerprint density at radius 2 is 1.88 bits per heavy atom. The SMILES string of the molecule is COC(C(=O)N1CCC(c2cccc(CN)c2)CC1)c1ccccc1. The molecule has 4 heteroatoms. The minimum Gasteiger partial charge on any atom is -0.367 e. The highest BCUT2D eigenvalue weighted by atomic mass is 16.5. The highest BCUT2D eigenvalue weighted by Gasteiger charge is 2.29. The van der Waals surface area contributed by atoms with Crippen molar-refractivity contribution in [3.8, 4) is 0 Å². The van der Waals surface area contributed by atoms with Crippen LogP contribution in [0, 0.1) is 0 Å². The Kier molecular flexibility index (Phi) is 5.84. The number of benzene rings is 2. The Hall–Kier alpha value is -2.17. The van der Waals surface area contributed by atoms with Gasteiger partial charge in [-0.25, -0.2) is 0 Å². The maximum atomic E-state index is 12.9. The van der Waals surface area contributed by atoms with Crippen LogP contribution in [0.25, 0.3) is 0 Å². The third-order valence-electron chi connectivity index (χ3n) is 5.03. The molecule has 0 saturated carbocycles. The summed E-state index contributed by atoms with van der Waals surface area (Å²) in [4.78, 5) is 14.8. The summed E-state index contributed by atoms with van der Waals surface area (Å²) in [6, 6.07) is 18.2. The zero-order valence-electron chi connectivity index (χ0n) is 14.7. The molecule has 1 aliphatic heterocycles. The van der Waals surface area contributed by atoms with Gasteiger partial charge in [-0.05, 0) is 35.4 Å². The molecule has 0 radical (unpaired) electrons. The van der Waals surface area contributed by atoms with E-state index in [-0.39, 0.29) is 5.91 Å². The van der Waals surface area contributed by atoms with E-state index in [0.29, 0.717) is 12.5 Å². The molecule has 0 spiro atoms. The van der Waals surface area contributed by atoms with Crippen LogP contribution in [0.3, 0.4) is 0 Å². The molecular formula is C21H26N2O2. The van der Waals surface area contributed by atoms with E-state index in [1.165, 1.54) is 11.1 Å². The van der Waals surface area contributed by atoms with E-state index >= 15 is 0 Å². The first-order valence-electron chi connectivity index (χ1n) is 8.88. The number of rotatable bonds is 5. The monoisotopic (exact) mass is 338 g/mol. The van der Waals surface area contributed by atoms with Crippen molar-refractivity contribution in [1.82, 2.24) is 4.90 Å². The van der Waals surface area contributed by atoms with Crippen molar-refractivity contribution in [2.45, 2.75) is 31.4 Å². The molecule has 1 atom stereocenters. The van der Waals surface area contributed by atoms with E-state index in [9.17, 15) is 4.79 Å². The predicted octanol–water partition coefficient (Wildman–Crippen LogP) is 3.24. The number of nitrogens with two attached hydrogens (primary N) is 1. The maximum absolute atomic E-state index is 12.9. The van der Waals surface area contributed by atoms with Crippen LogP contribution in [0.1, 0.15) is 41.6 Å². The standard InChI is InChI=1S/C21H26N2O2/c1-25-20(18-7-3-2-4-8-18)21(24)23-12-10-17(11-13-23)19-9-5-6-16(14-19)15-22/h2-9,14,17,20H,10-13,15,22H2,1H3. The zero-order chi connectivity index (χ0) is 17.6. The van der Waals surface area contributed by atoms with Crippen molar-refractivity contribution >= 4 is 5.91 Å². The molecule has 1 aliphatic rings. The summed E-state index contributed by atoms with van der Waals surface area (Å²) in [7, 11) is 1.60. The van der Waals surface area contributed by atoms with E-state index in [4.69, 9.17) is 10.5 Å². The number of hydrogen-bond acceptors (Lipinski definition) is 3. The lowest BCUT2D eigenvalue weighted by Gasteiger charge is -2.34. The van der Waals surface area contributed by atoms with Crippen LogP contribution < -0.4 is 5.73 Å². The Morgan fingerprint density at radius 1 is 1.16 bits per heavy atom. The van der Waals surface area contributed by atoms with Crippen molar-refractivity contribution in [1.29, 1.82) is 0 Å². The molecule has 2 N–H and O–H groups in total. The number of ether oxygens (including phenoxy) is 1. The fourth-order valence-electron chi connectivity index (χ4n) is 3.58. The summed E-state index contributed by atoms with van der Waals surface area (Å²) < 4.78 is 5.49. The third-order valence-corrected chi connectivity index (χ3v) is 5.03. The first kappa shape index (κ1) is 17.6. The summed E-state index contributed by atoms with van der Waals surface area (Å²) in [5.41, 5.74) is 9.16. The first-order valence-corrected chi connectivity index (χ1v) is 8.88. The van der Waals surface area contributed by atoms with Crippen LogP contribution >= 0.6 is 0 Å². The fraction of sp³-hybridized carbons (Fsp3) is 0.381. The van der Waals surface area contributed by atoms with Gasteiger partial charge >= 0.3 is 0 Å². The van der Waals surface area contributed by atoms with Gasteiger partial charge in [0.15, 0.2) is 6.10 Å². The van der Waals surface area contributed by atoms with E-state index in [1.54, 1.807) is 7.11 Å². The van der Waals surface area contributed by atoms with Crippen LogP contribution in [0.2, 0.25) is 0 Å². The highest BCUT2D eigenvalue weighted by Crippen LogP contribution is 2.30. The van der Waals surface area contributed by atoms with Crippen LogP contribution in [0.4, 0.5) is 0 Å². The van der Waals surface area contributed by atoms with Gasteiger partial charge in [-0.15, -0.1) is 0 Å². The third kappa shape index (κ3) is 4.09. The zero-order valence-corrected chi connectivity index (χ0v) is 14.7. The molecular weight excluding hydrogens is 312 g/mol. The van der Waals surface area contributed by atoms with Crippen molar-refractivity contribution in [2.75, 3.05) is 20.2 Å². The van der Waals surface area contributed by atoms with Gasteiger partial charge in [0.1, 0.15) is 0 Å². The molecule has 2 aromatic rings. The van der Waals surface area contributed by atoms with Gasteiger partial charge in [-0.3, -0.25) is 4.79 Å². The number of amides is 1. The Balaban J connectivity index is 1.64. The molecule has 1 unspecified atom stereocenters. The lowest BCUT2D eigenvalue weighted by Crippen LogP contribution is -2.41. The predicted molar refractivity (Wildman–Crippen MR) is 99.1 cm³/mol. The first-order chi connectivity index (χ1) is 12.2. The van der Waals surface area contributed by atoms with Gasteiger partial charge < -0.3 is 15.4 Å². The number of carbonyl (C=O) groups excluding carboxylic acids is 1. The molecule has 2 aromatic carbocycles. The normalized spacial score (nSPS) is 16.6. The second-order valence-corrected chi connectivity index (χ2v) is 6.58. The van der Waals surface area contributed by atoms with Crippen LogP contribution in [-0.2, 0) is 16.1 Å². The van der Waals surface area contributed by atoms with Crippen molar-refractivity contribution in [3.63, 3.8) is 0 Å². The van der Waals surface area contributed by atoms with E-state index < -0.39 is 6.10 Å². The van der Waals surface area contributed by atoms with E-state index in [0.717, 1.165) is 31.5 Å². The Morgan fingerprint density at radius 3 is 2.52 bits per heavy atom. The van der Waals surface area contributed by atoms with Gasteiger partial charge in [0.25, 0.3) is 5.91 Å². The summed E-state index contributed by atoms with van der Waals surface area (Å²) in [6.45, 7) is 2.10. The van der Waals surface area contributed by atoms with E-state index in [2.05, 4.69) is 24.3 Å². The Bertz CT molecular complexity index is 694. The largest absolute Gasteiger partial charge is 0.367 e. The lowest BCUT2D eigenvalue weighted by molar-refractivity contribution is -0.143. The quantitative estimate of drug-likeness (QED) is 0.910. The molecule has 4 nitrogen and oxygen atoms in total. The number of piperidine rings is 1. The van der Waals surface area contributed by atoms with Gasteiger partial charge in [0.05, 0.1) is 0 Å². The summed E-state index contributed by atoms with van der Waals surface area (Å²) in [5.74, 6) is 0.552. The Labute approximate surface area is 149 Å². The van der Waals surface area contributed by atoms with Gasteiger partial charge in [0, 0.05) is 26.7 Å². The number of likely N-dealkylation sites (tertiary alicyclic amines) is 1. The topological polar surface area (TPSA) is 55.6 Å². The second-order valence-electron chi connectivity index (χ2n) is 6.58. The summed E-state index contributed by atoms with van der Waals surface area (Å²) in [6.07, 6.45) is 1.44. The summed E-state index contributed by atoms with van der Waals surface area (Å²) >= 11 is 0. The maximum Gasteiger partial charge on any atom is 0.256 e. The molecule has 0 aliphatic carbocycles. The van der Waals surface area contributed by atoms with Crippen molar-refractivity contribution in [3.05, 3.63) is 71.3 Å². The smallest absolute Gasteiger partial charge is 0.256 e. The van der Waals surface area contributed by atoms with Gasteiger partial charge in [-0.1, -0.05) is 54.6 Å². The average molecular weight is 338 g/mol. The molecule has 1 fully saturated rings. The molecule has 1 saturated heterocycles. The van der Waals surface area contributed by atoms with Gasteiger partial charge in [-0.2, -0.15) is 0 Å². The molecule has 0 aromatic heterocycles. The fourth-order valence-corrected chi connectivity index (χ4v) is 3.58. The van der Waals surface area contributed by atoms with Crippen LogP contribution in [0.5, 0.6) is 0 Å². The molecule has 25 heavy (non-hydrogen) atoms. The molecule has 1 heterocycles. The summed E-state index contributed by atoms with van der Waals surface area (Å²) in [5, 5.41) is 0. The van der Waals surface area contributed by atoms with Crippen molar-refractivity contribution < 1.29 is 9.53 Å². The number of carbonyl (C=O) groups is 1. The number of hydrogen-bond donors (Lipinski definition) is 1. The van der Waals surface area contributed by atoms with Crippen LogP contribution in [-0.4, -0.2) is 31.0 Å². The molecule has 0 bridgehead atoms. The second kappa shape index (κ2) is 8.28. The minimum absolute atomic E-state index is 0.0582. The van der Waals surface area contributed by atoms with E-state index in [1.807, 2.05) is 35.2 Å². The average Bonchev–Trinajstić information content (AvgIpc) is 2.69.